The lowest BCUT2D eigenvalue weighted by atomic mass is 9.96. The van der Waals surface area contributed by atoms with Gasteiger partial charge in [0.1, 0.15) is 17.8 Å². The topological polar surface area (TPSA) is 82.2 Å². The third kappa shape index (κ3) is 4.27. The number of hydrogen-bond acceptors (Lipinski definition) is 6. The zero-order valence-corrected chi connectivity index (χ0v) is 17.0. The normalized spacial score (nSPS) is 21.0. The molecule has 3 aromatic rings. The van der Waals surface area contributed by atoms with Crippen LogP contribution in [0.1, 0.15) is 31.2 Å². The van der Waals surface area contributed by atoms with E-state index in [1.165, 1.54) is 50.8 Å². The molecule has 4 heterocycles. The van der Waals surface area contributed by atoms with Gasteiger partial charge >= 0.3 is 6.15 Å². The number of likely N-dealkylation sites (tertiary alicyclic amines) is 1. The van der Waals surface area contributed by atoms with E-state index in [2.05, 4.69) is 61.1 Å². The number of aromatic amines is 1. The third-order valence-corrected chi connectivity index (χ3v) is 6.28. The van der Waals surface area contributed by atoms with Gasteiger partial charge in [0.2, 0.25) is 0 Å². The van der Waals surface area contributed by atoms with E-state index in [1.807, 2.05) is 6.20 Å². The summed E-state index contributed by atoms with van der Waals surface area (Å²) >= 11 is 0. The van der Waals surface area contributed by atoms with Crippen LogP contribution in [0.2, 0.25) is 0 Å². The van der Waals surface area contributed by atoms with Gasteiger partial charge in [-0.15, -0.1) is 0 Å². The number of nitrogens with zero attached hydrogens (tertiary/aromatic N) is 4. The quantitative estimate of drug-likeness (QED) is 0.703. The molecule has 2 aromatic heterocycles. The molecule has 30 heavy (non-hydrogen) atoms. The van der Waals surface area contributed by atoms with E-state index in [-0.39, 0.29) is 6.15 Å². The molecule has 2 aliphatic rings. The van der Waals surface area contributed by atoms with Crippen molar-refractivity contribution in [1.29, 1.82) is 0 Å². The second kappa shape index (κ2) is 9.65. The molecule has 0 amide bonds. The molecular formula is C23H27N5O2. The summed E-state index contributed by atoms with van der Waals surface area (Å²) in [5, 5.41) is 1.15. The molecule has 5 rings (SSSR count). The average molecular weight is 406 g/mol. The standard InChI is InChI=1S/C22H27N5.CO2/c1-2-6-17(7-3-1)8-4-13-26-14-5-9-20-19(26)11-15-27(20)22-18-10-12-23-21(18)24-16-25-22;2-1-3/h1-3,6-7,10,12,16,19-20H,4-5,8-9,11,13-15H2,(H,23,24,25);/t19?,20-;/m1./s1. The second-order valence-corrected chi connectivity index (χ2v) is 7.90. The molecule has 0 spiro atoms. The van der Waals surface area contributed by atoms with Crippen molar-refractivity contribution in [2.75, 3.05) is 24.5 Å². The number of aryl methyl sites for hydroxylation is 1. The van der Waals surface area contributed by atoms with Crippen LogP contribution in [-0.2, 0) is 16.0 Å². The van der Waals surface area contributed by atoms with Gasteiger partial charge in [0, 0.05) is 24.8 Å². The first-order valence-electron chi connectivity index (χ1n) is 10.6. The largest absolute Gasteiger partial charge is 0.373 e. The van der Waals surface area contributed by atoms with Gasteiger partial charge in [0.05, 0.1) is 5.39 Å². The van der Waals surface area contributed by atoms with Crippen LogP contribution in [0.5, 0.6) is 0 Å². The van der Waals surface area contributed by atoms with Gasteiger partial charge in [-0.1, -0.05) is 30.3 Å². The average Bonchev–Trinajstić information content (AvgIpc) is 3.42. The van der Waals surface area contributed by atoms with Crippen LogP contribution in [0.3, 0.4) is 0 Å². The number of anilines is 1. The summed E-state index contributed by atoms with van der Waals surface area (Å²) in [7, 11) is 0. The first-order chi connectivity index (χ1) is 14.8. The molecule has 2 atom stereocenters. The lowest BCUT2D eigenvalue weighted by Gasteiger charge is -2.40. The summed E-state index contributed by atoms with van der Waals surface area (Å²) in [4.78, 5) is 33.8. The number of benzene rings is 1. The number of rotatable bonds is 5. The highest BCUT2D eigenvalue weighted by Gasteiger charge is 2.40. The minimum Gasteiger partial charge on any atom is -0.351 e. The van der Waals surface area contributed by atoms with Gasteiger partial charge in [-0.05, 0) is 56.8 Å². The molecule has 2 saturated heterocycles. The maximum Gasteiger partial charge on any atom is 0.373 e. The van der Waals surface area contributed by atoms with Gasteiger partial charge in [0.15, 0.2) is 0 Å². The van der Waals surface area contributed by atoms with E-state index < -0.39 is 0 Å². The Morgan fingerprint density at radius 3 is 2.70 bits per heavy atom. The van der Waals surface area contributed by atoms with Crippen molar-refractivity contribution >= 4 is 23.0 Å². The van der Waals surface area contributed by atoms with Crippen LogP contribution >= 0.6 is 0 Å². The van der Waals surface area contributed by atoms with Crippen LogP contribution < -0.4 is 4.90 Å². The molecule has 2 fully saturated rings. The molecule has 1 aromatic carbocycles. The second-order valence-electron chi connectivity index (χ2n) is 7.90. The van der Waals surface area contributed by atoms with Crippen LogP contribution in [-0.4, -0.2) is 57.7 Å². The van der Waals surface area contributed by atoms with Crippen molar-refractivity contribution in [3.05, 3.63) is 54.5 Å². The van der Waals surface area contributed by atoms with E-state index in [0.29, 0.717) is 12.1 Å². The van der Waals surface area contributed by atoms with Crippen molar-refractivity contribution in [3.63, 3.8) is 0 Å². The smallest absolute Gasteiger partial charge is 0.351 e. The predicted octanol–water partition coefficient (Wildman–Crippen LogP) is 3.05. The van der Waals surface area contributed by atoms with E-state index >= 15 is 0 Å². The zero-order chi connectivity index (χ0) is 20.8. The molecule has 1 N–H and O–H groups in total. The van der Waals surface area contributed by atoms with E-state index in [0.717, 1.165) is 23.4 Å². The van der Waals surface area contributed by atoms with Crippen LogP contribution in [0.25, 0.3) is 11.0 Å². The third-order valence-electron chi connectivity index (χ3n) is 6.28. The lowest BCUT2D eigenvalue weighted by molar-refractivity contribution is -0.191. The van der Waals surface area contributed by atoms with Crippen molar-refractivity contribution < 1.29 is 9.59 Å². The van der Waals surface area contributed by atoms with Gasteiger partial charge in [0.25, 0.3) is 0 Å². The molecule has 7 nitrogen and oxygen atoms in total. The summed E-state index contributed by atoms with van der Waals surface area (Å²) in [5.41, 5.74) is 2.40. The number of aromatic nitrogens is 3. The van der Waals surface area contributed by atoms with Crippen molar-refractivity contribution in [3.8, 4) is 0 Å². The van der Waals surface area contributed by atoms with E-state index in [9.17, 15) is 0 Å². The highest BCUT2D eigenvalue weighted by Crippen LogP contribution is 2.36. The van der Waals surface area contributed by atoms with Gasteiger partial charge in [-0.3, -0.25) is 4.90 Å². The SMILES string of the molecule is O=C=O.c1ccc(CCCN2CCC[C@@H]3C2CCN3c2ncnc3[nH]ccc23)cc1. The number of fused-ring (bicyclic) bond motifs is 2. The molecule has 1 unspecified atom stereocenters. The van der Waals surface area contributed by atoms with Gasteiger partial charge in [-0.25, -0.2) is 9.97 Å². The molecule has 156 valence electrons. The van der Waals surface area contributed by atoms with Gasteiger partial charge < -0.3 is 9.88 Å². The monoisotopic (exact) mass is 405 g/mol. The van der Waals surface area contributed by atoms with Gasteiger partial charge in [-0.2, -0.15) is 9.59 Å². The van der Waals surface area contributed by atoms with Crippen LogP contribution in [0, 0.1) is 0 Å². The lowest BCUT2D eigenvalue weighted by Crippen LogP contribution is -2.50. The molecule has 0 bridgehead atoms. The molecule has 7 heteroatoms. The summed E-state index contributed by atoms with van der Waals surface area (Å²) in [5.74, 6) is 1.11. The fourth-order valence-corrected chi connectivity index (χ4v) is 5.04. The summed E-state index contributed by atoms with van der Waals surface area (Å²) < 4.78 is 0. The maximum absolute atomic E-state index is 8.12. The fourth-order valence-electron chi connectivity index (χ4n) is 5.04. The maximum atomic E-state index is 8.12. The van der Waals surface area contributed by atoms with Crippen LogP contribution in [0.15, 0.2) is 48.9 Å². The molecular weight excluding hydrogens is 378 g/mol. The van der Waals surface area contributed by atoms with E-state index in [4.69, 9.17) is 9.59 Å². The van der Waals surface area contributed by atoms with Crippen molar-refractivity contribution in [2.24, 2.45) is 0 Å². The summed E-state index contributed by atoms with van der Waals surface area (Å²) in [6, 6.07) is 14.2. The molecule has 0 saturated carbocycles. The van der Waals surface area contributed by atoms with E-state index in [1.54, 1.807) is 6.33 Å². The Labute approximate surface area is 176 Å². The molecule has 0 aliphatic carbocycles. The van der Waals surface area contributed by atoms with Crippen molar-refractivity contribution in [1.82, 2.24) is 19.9 Å². The first kappa shape index (κ1) is 20.3. The number of carbonyl (C=O) groups excluding carboxylic acids is 2. The Kier molecular flexibility index (Phi) is 6.52. The van der Waals surface area contributed by atoms with Crippen molar-refractivity contribution in [2.45, 2.75) is 44.2 Å². The Balaban J connectivity index is 0.000000687. The zero-order valence-electron chi connectivity index (χ0n) is 17.0. The minimum atomic E-state index is 0.250. The molecule has 0 radical (unpaired) electrons. The Morgan fingerprint density at radius 2 is 1.87 bits per heavy atom. The number of hydrogen-bond donors (Lipinski definition) is 1. The number of H-pyrrole nitrogens is 1. The Bertz CT molecular complexity index is 983. The minimum absolute atomic E-state index is 0.250. The highest BCUT2D eigenvalue weighted by atomic mass is 16.2. The highest BCUT2D eigenvalue weighted by molar-refractivity contribution is 5.87. The number of piperidine rings is 1. The van der Waals surface area contributed by atoms with Crippen LogP contribution in [0.4, 0.5) is 5.82 Å². The summed E-state index contributed by atoms with van der Waals surface area (Å²) in [6.07, 6.45) is 10.1. The number of nitrogens with one attached hydrogen (secondary N) is 1. The fraction of sp³-hybridized carbons (Fsp3) is 0.435. The Morgan fingerprint density at radius 1 is 1.03 bits per heavy atom. The summed E-state index contributed by atoms with van der Waals surface area (Å²) in [6.45, 7) is 3.54. The predicted molar refractivity (Wildman–Crippen MR) is 114 cm³/mol. The Hall–Kier alpha value is -3.02. The first-order valence-corrected chi connectivity index (χ1v) is 10.6. The molecule has 2 aliphatic heterocycles.